The van der Waals surface area contributed by atoms with Crippen LogP contribution in [0.2, 0.25) is 5.02 Å². The van der Waals surface area contributed by atoms with Crippen LogP contribution in [0.15, 0.2) is 11.2 Å². The summed E-state index contributed by atoms with van der Waals surface area (Å²) in [6.07, 6.45) is 2.61. The van der Waals surface area contributed by atoms with Gasteiger partial charge in [-0.05, 0) is 18.8 Å². The van der Waals surface area contributed by atoms with Gasteiger partial charge in [0.05, 0.1) is 11.2 Å². The standard InChI is InChI=1S/C9H12ClN3O4S/c1-13-8(6(10)4-11-13)18(16,17)12-7(9(14)15)5-2-3-5/h4-5,7,12H,2-3H2,1H3,(H,14,15). The van der Waals surface area contributed by atoms with Crippen molar-refractivity contribution in [1.29, 1.82) is 0 Å². The first-order valence-electron chi connectivity index (χ1n) is 5.25. The molecule has 1 aliphatic carbocycles. The molecular formula is C9H12ClN3O4S. The number of nitrogens with zero attached hydrogens (tertiary/aromatic N) is 2. The number of rotatable bonds is 5. The lowest BCUT2D eigenvalue weighted by molar-refractivity contribution is -0.139. The highest BCUT2D eigenvalue weighted by Gasteiger charge is 2.40. The lowest BCUT2D eigenvalue weighted by Gasteiger charge is -2.14. The van der Waals surface area contributed by atoms with Gasteiger partial charge in [-0.2, -0.15) is 9.82 Å². The summed E-state index contributed by atoms with van der Waals surface area (Å²) in [6, 6.07) is -1.11. The molecule has 1 unspecified atom stereocenters. The first-order valence-corrected chi connectivity index (χ1v) is 7.11. The molecule has 1 aromatic rings. The minimum Gasteiger partial charge on any atom is -0.480 e. The highest BCUT2D eigenvalue weighted by atomic mass is 35.5. The Hall–Kier alpha value is -1.12. The molecule has 0 radical (unpaired) electrons. The van der Waals surface area contributed by atoms with E-state index < -0.39 is 22.0 Å². The van der Waals surface area contributed by atoms with Crippen molar-refractivity contribution < 1.29 is 18.3 Å². The fourth-order valence-corrected chi connectivity index (χ4v) is 3.62. The van der Waals surface area contributed by atoms with Gasteiger partial charge in [-0.1, -0.05) is 11.6 Å². The number of carboxylic acids is 1. The summed E-state index contributed by atoms with van der Waals surface area (Å²) in [7, 11) is -2.57. The van der Waals surface area contributed by atoms with Gasteiger partial charge in [0.25, 0.3) is 10.0 Å². The van der Waals surface area contributed by atoms with E-state index in [1.807, 2.05) is 0 Å². The minimum atomic E-state index is -3.99. The number of sulfonamides is 1. The van der Waals surface area contributed by atoms with Crippen molar-refractivity contribution in [1.82, 2.24) is 14.5 Å². The van der Waals surface area contributed by atoms with Gasteiger partial charge in [0.1, 0.15) is 6.04 Å². The predicted octanol–water partition coefficient (Wildman–Crippen LogP) is 0.215. The Balaban J connectivity index is 2.29. The van der Waals surface area contributed by atoms with E-state index in [0.29, 0.717) is 12.8 Å². The van der Waals surface area contributed by atoms with E-state index >= 15 is 0 Å². The normalized spacial score (nSPS) is 17.7. The van der Waals surface area contributed by atoms with Gasteiger partial charge in [-0.25, -0.2) is 8.42 Å². The Labute approximate surface area is 109 Å². The molecule has 18 heavy (non-hydrogen) atoms. The zero-order chi connectivity index (χ0) is 13.5. The second-order valence-corrected chi connectivity index (χ2v) is 6.23. The number of carboxylic acid groups (broad SMARTS) is 1. The molecule has 1 atom stereocenters. The zero-order valence-corrected chi connectivity index (χ0v) is 11.1. The van der Waals surface area contributed by atoms with Crippen LogP contribution in [0.5, 0.6) is 0 Å². The van der Waals surface area contributed by atoms with Crippen LogP contribution < -0.4 is 4.72 Å². The number of halogens is 1. The maximum absolute atomic E-state index is 12.1. The summed E-state index contributed by atoms with van der Waals surface area (Å²) in [5.74, 6) is -1.33. The molecule has 0 aliphatic heterocycles. The molecule has 7 nitrogen and oxygen atoms in total. The first kappa shape index (κ1) is 13.3. The van der Waals surface area contributed by atoms with Crippen LogP contribution in [0.1, 0.15) is 12.8 Å². The predicted molar refractivity (Wildman–Crippen MR) is 62.7 cm³/mol. The van der Waals surface area contributed by atoms with Gasteiger partial charge < -0.3 is 5.11 Å². The molecule has 9 heteroatoms. The fourth-order valence-electron chi connectivity index (χ4n) is 1.70. The van der Waals surface area contributed by atoms with E-state index in [1.165, 1.54) is 13.2 Å². The minimum absolute atomic E-state index is 0.0371. The van der Waals surface area contributed by atoms with Crippen LogP contribution in [0.25, 0.3) is 0 Å². The Bertz CT molecular complexity index is 559. The smallest absolute Gasteiger partial charge is 0.322 e. The fraction of sp³-hybridized carbons (Fsp3) is 0.556. The summed E-state index contributed by atoms with van der Waals surface area (Å²) in [6.45, 7) is 0. The Morgan fingerprint density at radius 3 is 2.67 bits per heavy atom. The maximum Gasteiger partial charge on any atom is 0.322 e. The lowest BCUT2D eigenvalue weighted by atomic mass is 10.2. The number of aryl methyl sites for hydroxylation is 1. The third-order valence-corrected chi connectivity index (χ3v) is 4.68. The first-order chi connectivity index (χ1) is 8.33. The number of aliphatic carboxylic acids is 1. The number of hydrogen-bond acceptors (Lipinski definition) is 4. The number of aromatic nitrogens is 2. The largest absolute Gasteiger partial charge is 0.480 e. The SMILES string of the molecule is Cn1ncc(Cl)c1S(=O)(=O)NC(C(=O)O)C1CC1. The van der Waals surface area contributed by atoms with Crippen molar-refractivity contribution >= 4 is 27.6 Å². The molecule has 1 heterocycles. The molecule has 1 fully saturated rings. The Kier molecular flexibility index (Phi) is 3.35. The van der Waals surface area contributed by atoms with E-state index in [9.17, 15) is 13.2 Å². The van der Waals surface area contributed by atoms with Crippen molar-refractivity contribution in [3.8, 4) is 0 Å². The van der Waals surface area contributed by atoms with Crippen LogP contribution in [-0.4, -0.2) is 35.3 Å². The highest BCUT2D eigenvalue weighted by molar-refractivity contribution is 7.89. The summed E-state index contributed by atoms with van der Waals surface area (Å²) in [5, 5.41) is 12.5. The molecule has 1 aliphatic rings. The van der Waals surface area contributed by atoms with Crippen LogP contribution in [0, 0.1) is 5.92 Å². The molecule has 0 bridgehead atoms. The van der Waals surface area contributed by atoms with Crippen LogP contribution >= 0.6 is 11.6 Å². The molecule has 1 aromatic heterocycles. The monoisotopic (exact) mass is 293 g/mol. The highest BCUT2D eigenvalue weighted by Crippen LogP contribution is 2.33. The summed E-state index contributed by atoms with van der Waals surface area (Å²) in [4.78, 5) is 11.0. The second kappa shape index (κ2) is 4.52. The van der Waals surface area contributed by atoms with Crippen LogP contribution in [0.4, 0.5) is 0 Å². The van der Waals surface area contributed by atoms with E-state index in [2.05, 4.69) is 9.82 Å². The molecular weight excluding hydrogens is 282 g/mol. The van der Waals surface area contributed by atoms with E-state index in [0.717, 1.165) is 4.68 Å². The average Bonchev–Trinajstić information content (AvgIpc) is 3.01. The lowest BCUT2D eigenvalue weighted by Crippen LogP contribution is -2.42. The molecule has 100 valence electrons. The Morgan fingerprint density at radius 2 is 2.28 bits per heavy atom. The second-order valence-electron chi connectivity index (χ2n) is 4.20. The quantitative estimate of drug-likeness (QED) is 0.808. The molecule has 2 N–H and O–H groups in total. The molecule has 0 amide bonds. The summed E-state index contributed by atoms with van der Waals surface area (Å²) < 4.78 is 27.4. The zero-order valence-electron chi connectivity index (χ0n) is 9.50. The topological polar surface area (TPSA) is 101 Å². The van der Waals surface area contributed by atoms with Gasteiger partial charge >= 0.3 is 5.97 Å². The molecule has 1 saturated carbocycles. The molecule has 0 spiro atoms. The third kappa shape index (κ3) is 2.50. The van der Waals surface area contributed by atoms with Gasteiger partial charge in [0.15, 0.2) is 5.03 Å². The number of hydrogen-bond donors (Lipinski definition) is 2. The van der Waals surface area contributed by atoms with Gasteiger partial charge in [-0.15, -0.1) is 0 Å². The summed E-state index contributed by atoms with van der Waals surface area (Å²) >= 11 is 5.74. The molecule has 2 rings (SSSR count). The van der Waals surface area contributed by atoms with Crippen molar-refractivity contribution in [3.63, 3.8) is 0 Å². The van der Waals surface area contributed by atoms with Crippen molar-refractivity contribution in [3.05, 3.63) is 11.2 Å². The van der Waals surface area contributed by atoms with E-state index in [1.54, 1.807) is 0 Å². The molecule has 0 aromatic carbocycles. The van der Waals surface area contributed by atoms with Gasteiger partial charge in [-0.3, -0.25) is 9.48 Å². The maximum atomic E-state index is 12.1. The van der Waals surface area contributed by atoms with Gasteiger partial charge in [0.2, 0.25) is 0 Å². The number of carbonyl (C=O) groups is 1. The number of nitrogens with one attached hydrogen (secondary N) is 1. The van der Waals surface area contributed by atoms with Crippen molar-refractivity contribution in [2.75, 3.05) is 0 Å². The van der Waals surface area contributed by atoms with Crippen molar-refractivity contribution in [2.45, 2.75) is 23.9 Å². The Morgan fingerprint density at radius 1 is 1.67 bits per heavy atom. The van der Waals surface area contributed by atoms with E-state index in [-0.39, 0.29) is 16.0 Å². The van der Waals surface area contributed by atoms with Crippen molar-refractivity contribution in [2.24, 2.45) is 13.0 Å². The molecule has 0 saturated heterocycles. The third-order valence-electron chi connectivity index (χ3n) is 2.74. The van der Waals surface area contributed by atoms with Crippen LogP contribution in [-0.2, 0) is 21.9 Å². The van der Waals surface area contributed by atoms with E-state index in [4.69, 9.17) is 16.7 Å². The summed E-state index contributed by atoms with van der Waals surface area (Å²) in [5.41, 5.74) is 0. The average molecular weight is 294 g/mol. The van der Waals surface area contributed by atoms with Crippen LogP contribution in [0.3, 0.4) is 0 Å². The van der Waals surface area contributed by atoms with Gasteiger partial charge in [0, 0.05) is 7.05 Å².